The average molecular weight is 416 g/mol. The van der Waals surface area contributed by atoms with E-state index < -0.39 is 9.84 Å². The van der Waals surface area contributed by atoms with Crippen LogP contribution in [0, 0.1) is 12.8 Å². The zero-order valence-electron chi connectivity index (χ0n) is 17.1. The molecule has 1 aromatic carbocycles. The number of piperidine rings is 1. The Bertz CT molecular complexity index is 934. The minimum atomic E-state index is -3.18. The van der Waals surface area contributed by atoms with Crippen LogP contribution < -0.4 is 10.2 Å². The van der Waals surface area contributed by atoms with E-state index >= 15 is 0 Å². The van der Waals surface area contributed by atoms with Crippen LogP contribution in [-0.2, 0) is 21.1 Å². The first-order chi connectivity index (χ1) is 13.8. The van der Waals surface area contributed by atoms with Crippen LogP contribution in [-0.4, -0.2) is 45.2 Å². The van der Waals surface area contributed by atoms with Crippen molar-refractivity contribution in [3.05, 3.63) is 53.9 Å². The van der Waals surface area contributed by atoms with Gasteiger partial charge in [-0.2, -0.15) is 0 Å². The van der Waals surface area contributed by atoms with Gasteiger partial charge >= 0.3 is 0 Å². The summed E-state index contributed by atoms with van der Waals surface area (Å²) in [5, 5.41) is 3.06. The summed E-state index contributed by atoms with van der Waals surface area (Å²) in [4.78, 5) is 19.1. The van der Waals surface area contributed by atoms with Gasteiger partial charge in [0.25, 0.3) is 0 Å². The normalized spacial score (nSPS) is 15.3. The smallest absolute Gasteiger partial charge is 0.220 e. The topological polar surface area (TPSA) is 79.4 Å². The number of nitrogens with one attached hydrogen (secondary N) is 1. The lowest BCUT2D eigenvalue weighted by Crippen LogP contribution is -2.38. The van der Waals surface area contributed by atoms with Crippen molar-refractivity contribution >= 4 is 21.4 Å². The van der Waals surface area contributed by atoms with Crippen LogP contribution in [0.2, 0.25) is 0 Å². The number of pyridine rings is 1. The average Bonchev–Trinajstić information content (AvgIpc) is 2.71. The van der Waals surface area contributed by atoms with Crippen molar-refractivity contribution in [2.75, 3.05) is 30.8 Å². The lowest BCUT2D eigenvalue weighted by molar-refractivity contribution is -0.121. The third kappa shape index (κ3) is 6.29. The highest BCUT2D eigenvalue weighted by atomic mass is 32.2. The molecule has 1 amide bonds. The molecule has 0 aliphatic carbocycles. The van der Waals surface area contributed by atoms with E-state index in [0.717, 1.165) is 43.7 Å². The zero-order valence-corrected chi connectivity index (χ0v) is 17.9. The fourth-order valence-corrected chi connectivity index (χ4v) is 4.26. The van der Waals surface area contributed by atoms with Crippen LogP contribution in [0.25, 0.3) is 0 Å². The van der Waals surface area contributed by atoms with Gasteiger partial charge in [-0.1, -0.05) is 12.1 Å². The van der Waals surface area contributed by atoms with Crippen molar-refractivity contribution < 1.29 is 13.2 Å². The highest BCUT2D eigenvalue weighted by Crippen LogP contribution is 2.23. The quantitative estimate of drug-likeness (QED) is 0.752. The largest absolute Gasteiger partial charge is 0.371 e. The molecule has 1 aliphatic heterocycles. The standard InChI is InChI=1S/C22H29N3O3S/c1-17-15-20(9-12-23-17)25-13-10-19(11-14-25)16-24-22(26)8-5-18-3-6-21(7-4-18)29(2,27)28/h3-4,6-7,9,12,15,19H,5,8,10-11,13-14,16H2,1-2H3,(H,24,26). The molecular weight excluding hydrogens is 386 g/mol. The van der Waals surface area contributed by atoms with E-state index in [-0.39, 0.29) is 5.91 Å². The Hall–Kier alpha value is -2.41. The number of sulfone groups is 1. The Morgan fingerprint density at radius 1 is 1.17 bits per heavy atom. The third-order valence-corrected chi connectivity index (χ3v) is 6.57. The number of hydrogen-bond acceptors (Lipinski definition) is 5. The van der Waals surface area contributed by atoms with Gasteiger partial charge in [0, 0.05) is 49.9 Å². The van der Waals surface area contributed by atoms with Gasteiger partial charge in [0.05, 0.1) is 4.90 Å². The van der Waals surface area contributed by atoms with Crippen LogP contribution in [0.15, 0.2) is 47.5 Å². The fraction of sp³-hybridized carbons (Fsp3) is 0.455. The fourth-order valence-electron chi connectivity index (χ4n) is 3.63. The van der Waals surface area contributed by atoms with Gasteiger partial charge < -0.3 is 10.2 Å². The van der Waals surface area contributed by atoms with Crippen molar-refractivity contribution in [3.63, 3.8) is 0 Å². The lowest BCUT2D eigenvalue weighted by atomic mass is 9.96. The summed E-state index contributed by atoms with van der Waals surface area (Å²) < 4.78 is 23.0. The summed E-state index contributed by atoms with van der Waals surface area (Å²) in [5.74, 6) is 0.552. The van der Waals surface area contributed by atoms with Crippen molar-refractivity contribution in [2.45, 2.75) is 37.5 Å². The van der Waals surface area contributed by atoms with E-state index in [9.17, 15) is 13.2 Å². The number of aromatic nitrogens is 1. The van der Waals surface area contributed by atoms with Crippen LogP contribution in [0.1, 0.15) is 30.5 Å². The summed E-state index contributed by atoms with van der Waals surface area (Å²) >= 11 is 0. The Morgan fingerprint density at radius 3 is 2.48 bits per heavy atom. The molecule has 0 bridgehead atoms. The summed E-state index contributed by atoms with van der Waals surface area (Å²) in [6.45, 7) is 4.72. The highest BCUT2D eigenvalue weighted by molar-refractivity contribution is 7.90. The summed E-state index contributed by atoms with van der Waals surface area (Å²) in [6.07, 6.45) is 6.19. The molecule has 7 heteroatoms. The number of aryl methyl sites for hydroxylation is 2. The Balaban J connectivity index is 1.38. The van der Waals surface area contributed by atoms with Crippen LogP contribution >= 0.6 is 0 Å². The number of nitrogens with zero attached hydrogens (tertiary/aromatic N) is 2. The number of amides is 1. The Labute approximate surface area is 173 Å². The minimum Gasteiger partial charge on any atom is -0.371 e. The van der Waals surface area contributed by atoms with Crippen molar-refractivity contribution in [2.24, 2.45) is 5.92 Å². The second kappa shape index (κ2) is 9.39. The Morgan fingerprint density at radius 2 is 1.86 bits per heavy atom. The molecule has 0 spiro atoms. The number of rotatable bonds is 7. The van der Waals surface area contributed by atoms with Gasteiger partial charge in [-0.15, -0.1) is 0 Å². The maximum absolute atomic E-state index is 12.2. The molecule has 1 aliphatic rings. The second-order valence-electron chi connectivity index (χ2n) is 7.81. The monoisotopic (exact) mass is 415 g/mol. The molecule has 1 aromatic heterocycles. The molecule has 0 saturated carbocycles. The van der Waals surface area contributed by atoms with E-state index in [4.69, 9.17) is 0 Å². The predicted octanol–water partition coefficient (Wildman–Crippen LogP) is 2.76. The Kier molecular flexibility index (Phi) is 6.90. The molecule has 6 nitrogen and oxygen atoms in total. The molecule has 3 rings (SSSR count). The first kappa shape index (κ1) is 21.3. The minimum absolute atomic E-state index is 0.0457. The highest BCUT2D eigenvalue weighted by Gasteiger charge is 2.20. The van der Waals surface area contributed by atoms with Gasteiger partial charge in [-0.05, 0) is 61.9 Å². The maximum Gasteiger partial charge on any atom is 0.220 e. The van der Waals surface area contributed by atoms with Gasteiger partial charge in [-0.3, -0.25) is 9.78 Å². The molecule has 1 fully saturated rings. The molecular formula is C22H29N3O3S. The molecule has 2 aromatic rings. The third-order valence-electron chi connectivity index (χ3n) is 5.44. The molecule has 0 radical (unpaired) electrons. The summed E-state index contributed by atoms with van der Waals surface area (Å²) in [6, 6.07) is 10.9. The number of benzene rings is 1. The molecule has 0 unspecified atom stereocenters. The molecule has 2 heterocycles. The van der Waals surface area contributed by atoms with Gasteiger partial charge in [-0.25, -0.2) is 8.42 Å². The van der Waals surface area contributed by atoms with Crippen LogP contribution in [0.3, 0.4) is 0 Å². The van der Waals surface area contributed by atoms with E-state index in [2.05, 4.69) is 27.3 Å². The van der Waals surface area contributed by atoms with E-state index in [1.54, 1.807) is 24.3 Å². The molecule has 1 saturated heterocycles. The number of carbonyl (C=O) groups is 1. The lowest BCUT2D eigenvalue weighted by Gasteiger charge is -2.33. The summed E-state index contributed by atoms with van der Waals surface area (Å²) in [5.41, 5.74) is 3.22. The first-order valence-electron chi connectivity index (χ1n) is 10.0. The van der Waals surface area contributed by atoms with Crippen molar-refractivity contribution in [3.8, 4) is 0 Å². The van der Waals surface area contributed by atoms with Crippen molar-refractivity contribution in [1.82, 2.24) is 10.3 Å². The molecule has 29 heavy (non-hydrogen) atoms. The van der Waals surface area contributed by atoms with Crippen molar-refractivity contribution in [1.29, 1.82) is 0 Å². The SMILES string of the molecule is Cc1cc(N2CCC(CNC(=O)CCc3ccc(S(C)(=O)=O)cc3)CC2)ccn1. The van der Waals surface area contributed by atoms with Gasteiger partial charge in [0.15, 0.2) is 9.84 Å². The second-order valence-corrected chi connectivity index (χ2v) is 9.82. The van der Waals surface area contributed by atoms with E-state index in [1.165, 1.54) is 11.9 Å². The van der Waals surface area contributed by atoms with E-state index in [1.807, 2.05) is 13.1 Å². The van der Waals surface area contributed by atoms with Crippen LogP contribution in [0.4, 0.5) is 5.69 Å². The molecule has 0 atom stereocenters. The van der Waals surface area contributed by atoms with Crippen LogP contribution in [0.5, 0.6) is 0 Å². The van der Waals surface area contributed by atoms with E-state index in [0.29, 0.717) is 23.7 Å². The molecule has 156 valence electrons. The number of carbonyl (C=O) groups excluding carboxylic acids is 1. The number of anilines is 1. The van der Waals surface area contributed by atoms with Gasteiger partial charge in [0.1, 0.15) is 0 Å². The first-order valence-corrected chi connectivity index (χ1v) is 11.9. The predicted molar refractivity (Wildman–Crippen MR) is 115 cm³/mol. The molecule has 1 N–H and O–H groups in total. The zero-order chi connectivity index (χ0) is 20.9. The number of hydrogen-bond donors (Lipinski definition) is 1. The maximum atomic E-state index is 12.2. The van der Waals surface area contributed by atoms with Gasteiger partial charge in [0.2, 0.25) is 5.91 Å². The summed E-state index contributed by atoms with van der Waals surface area (Å²) in [7, 11) is -3.18.